The van der Waals surface area contributed by atoms with Crippen LogP contribution in [-0.4, -0.2) is 53.7 Å². The molecule has 22 heavy (non-hydrogen) atoms. The maximum absolute atomic E-state index is 12.0. The number of carbonyl (C=O) groups is 1. The quantitative estimate of drug-likeness (QED) is 0.744. The van der Waals surface area contributed by atoms with Crippen LogP contribution in [0.2, 0.25) is 0 Å². The third-order valence-corrected chi connectivity index (χ3v) is 4.07. The van der Waals surface area contributed by atoms with Gasteiger partial charge in [-0.2, -0.15) is 5.10 Å². The zero-order chi connectivity index (χ0) is 14.5. The van der Waals surface area contributed by atoms with Crippen molar-refractivity contribution in [3.05, 3.63) is 17.0 Å². The van der Waals surface area contributed by atoms with Crippen LogP contribution in [0.5, 0.6) is 0 Å². The Kier molecular flexibility index (Phi) is 9.67. The average molecular weight is 352 g/mol. The first kappa shape index (κ1) is 21.2. The largest absolute Gasteiger partial charge is 0.351 e. The maximum atomic E-state index is 12.0. The van der Waals surface area contributed by atoms with Crippen molar-refractivity contribution in [2.24, 2.45) is 0 Å². The van der Waals surface area contributed by atoms with Crippen molar-refractivity contribution in [3.63, 3.8) is 0 Å². The van der Waals surface area contributed by atoms with Gasteiger partial charge in [-0.1, -0.05) is 0 Å². The van der Waals surface area contributed by atoms with Gasteiger partial charge in [0.2, 0.25) is 5.91 Å². The lowest BCUT2D eigenvalue weighted by atomic mass is 10.1. The predicted molar refractivity (Wildman–Crippen MR) is 92.9 cm³/mol. The Morgan fingerprint density at radius 3 is 2.50 bits per heavy atom. The third-order valence-electron chi connectivity index (χ3n) is 4.07. The fourth-order valence-electron chi connectivity index (χ4n) is 2.68. The van der Waals surface area contributed by atoms with Gasteiger partial charge in [-0.15, -0.1) is 24.8 Å². The molecule has 128 valence electrons. The molecule has 1 aromatic rings. The van der Waals surface area contributed by atoms with Gasteiger partial charge >= 0.3 is 0 Å². The number of carbonyl (C=O) groups excluding carboxylic acids is 1. The minimum absolute atomic E-state index is 0. The molecule has 3 N–H and O–H groups in total. The van der Waals surface area contributed by atoms with E-state index in [0.29, 0.717) is 19.1 Å². The Bertz CT molecular complexity index is 441. The SMILES string of the molecule is Cc1n[nH]c(C)c1CNC(=O)CN(C)C1CCNCC1.Cl.Cl. The molecule has 0 bridgehead atoms. The van der Waals surface area contributed by atoms with E-state index >= 15 is 0 Å². The Labute approximate surface area is 144 Å². The van der Waals surface area contributed by atoms with Crippen molar-refractivity contribution in [1.29, 1.82) is 0 Å². The molecule has 1 aromatic heterocycles. The van der Waals surface area contributed by atoms with Gasteiger partial charge in [0, 0.05) is 23.8 Å². The van der Waals surface area contributed by atoms with Gasteiger partial charge in [-0.3, -0.25) is 14.8 Å². The van der Waals surface area contributed by atoms with E-state index < -0.39 is 0 Å². The number of nitrogens with one attached hydrogen (secondary N) is 3. The number of likely N-dealkylation sites (N-methyl/N-ethyl adjacent to an activating group) is 1. The summed E-state index contributed by atoms with van der Waals surface area (Å²) in [5, 5.41) is 13.4. The number of aromatic nitrogens is 2. The molecule has 1 aliphatic rings. The summed E-state index contributed by atoms with van der Waals surface area (Å²) >= 11 is 0. The van der Waals surface area contributed by atoms with Crippen molar-refractivity contribution in [3.8, 4) is 0 Å². The second-order valence-corrected chi connectivity index (χ2v) is 5.59. The number of rotatable bonds is 5. The molecule has 2 heterocycles. The van der Waals surface area contributed by atoms with E-state index in [2.05, 4.69) is 25.7 Å². The van der Waals surface area contributed by atoms with Crippen LogP contribution in [-0.2, 0) is 11.3 Å². The summed E-state index contributed by atoms with van der Waals surface area (Å²) in [7, 11) is 2.03. The number of piperidine rings is 1. The van der Waals surface area contributed by atoms with Gasteiger partial charge in [0.25, 0.3) is 0 Å². The summed E-state index contributed by atoms with van der Waals surface area (Å²) in [6.07, 6.45) is 2.23. The molecule has 8 heteroatoms. The molecule has 6 nitrogen and oxygen atoms in total. The lowest BCUT2D eigenvalue weighted by Crippen LogP contribution is -2.45. The molecule has 0 radical (unpaired) electrons. The van der Waals surface area contributed by atoms with Crippen LogP contribution in [0.25, 0.3) is 0 Å². The fraction of sp³-hybridized carbons (Fsp3) is 0.714. The van der Waals surface area contributed by atoms with E-state index in [1.54, 1.807) is 0 Å². The van der Waals surface area contributed by atoms with Gasteiger partial charge in [-0.25, -0.2) is 0 Å². The molecule has 2 rings (SSSR count). The minimum atomic E-state index is 0. The van der Waals surface area contributed by atoms with Crippen molar-refractivity contribution in [2.45, 2.75) is 39.3 Å². The number of hydrogen-bond acceptors (Lipinski definition) is 4. The first-order chi connectivity index (χ1) is 9.58. The van der Waals surface area contributed by atoms with E-state index in [0.717, 1.165) is 42.9 Å². The molecular weight excluding hydrogens is 325 g/mol. The summed E-state index contributed by atoms with van der Waals surface area (Å²) in [4.78, 5) is 14.2. The molecule has 1 fully saturated rings. The third kappa shape index (κ3) is 5.76. The van der Waals surface area contributed by atoms with E-state index in [-0.39, 0.29) is 30.7 Å². The van der Waals surface area contributed by atoms with E-state index in [1.165, 1.54) is 0 Å². The van der Waals surface area contributed by atoms with Crippen LogP contribution in [0.1, 0.15) is 29.8 Å². The number of amides is 1. The van der Waals surface area contributed by atoms with Crippen LogP contribution in [0, 0.1) is 13.8 Å². The monoisotopic (exact) mass is 351 g/mol. The lowest BCUT2D eigenvalue weighted by Gasteiger charge is -2.31. The van der Waals surface area contributed by atoms with Gasteiger partial charge in [0.05, 0.1) is 12.2 Å². The summed E-state index contributed by atoms with van der Waals surface area (Å²) in [6, 6.07) is 0.513. The molecule has 0 atom stereocenters. The second-order valence-electron chi connectivity index (χ2n) is 5.59. The van der Waals surface area contributed by atoms with Crippen LogP contribution in [0.4, 0.5) is 0 Å². The van der Waals surface area contributed by atoms with Crippen LogP contribution in [0.3, 0.4) is 0 Å². The molecule has 0 aromatic carbocycles. The van der Waals surface area contributed by atoms with Gasteiger partial charge in [0.15, 0.2) is 0 Å². The van der Waals surface area contributed by atoms with Gasteiger partial charge in [0.1, 0.15) is 0 Å². The molecule has 0 unspecified atom stereocenters. The van der Waals surface area contributed by atoms with Crippen LogP contribution in [0.15, 0.2) is 0 Å². The summed E-state index contributed by atoms with van der Waals surface area (Å²) in [5.41, 5.74) is 3.06. The zero-order valence-electron chi connectivity index (χ0n) is 13.4. The normalized spacial score (nSPS) is 15.1. The molecule has 0 spiro atoms. The maximum Gasteiger partial charge on any atom is 0.234 e. The minimum Gasteiger partial charge on any atom is -0.351 e. The van der Waals surface area contributed by atoms with E-state index in [1.807, 2.05) is 20.9 Å². The Morgan fingerprint density at radius 2 is 1.95 bits per heavy atom. The molecule has 0 saturated carbocycles. The standard InChI is InChI=1S/C14H25N5O.2ClH/c1-10-13(11(2)18-17-10)8-16-14(20)9-19(3)12-4-6-15-7-5-12;;/h12,15H,4-9H2,1-3H3,(H,16,20)(H,17,18);2*1H. The predicted octanol–water partition coefficient (Wildman–Crippen LogP) is 1.17. The van der Waals surface area contributed by atoms with E-state index in [4.69, 9.17) is 0 Å². The summed E-state index contributed by atoms with van der Waals surface area (Å²) < 4.78 is 0. The van der Waals surface area contributed by atoms with Crippen molar-refractivity contribution in [2.75, 3.05) is 26.7 Å². The molecular formula is C14H27Cl2N5O. The van der Waals surface area contributed by atoms with Crippen molar-refractivity contribution in [1.82, 2.24) is 25.7 Å². The average Bonchev–Trinajstić information content (AvgIpc) is 2.77. The van der Waals surface area contributed by atoms with Crippen molar-refractivity contribution < 1.29 is 4.79 Å². The number of aryl methyl sites for hydroxylation is 2. The Balaban J connectivity index is 0.00000220. The second kappa shape index (κ2) is 10.0. The molecule has 1 saturated heterocycles. The fourth-order valence-corrected chi connectivity index (χ4v) is 2.68. The highest BCUT2D eigenvalue weighted by Crippen LogP contribution is 2.10. The number of nitrogens with zero attached hydrogens (tertiary/aromatic N) is 2. The smallest absolute Gasteiger partial charge is 0.234 e. The van der Waals surface area contributed by atoms with Crippen LogP contribution < -0.4 is 10.6 Å². The highest BCUT2D eigenvalue weighted by atomic mass is 35.5. The highest BCUT2D eigenvalue weighted by molar-refractivity contribution is 5.85. The van der Waals surface area contributed by atoms with Gasteiger partial charge in [-0.05, 0) is 46.8 Å². The number of H-pyrrole nitrogens is 1. The zero-order valence-corrected chi connectivity index (χ0v) is 15.1. The highest BCUT2D eigenvalue weighted by Gasteiger charge is 2.19. The summed E-state index contributed by atoms with van der Waals surface area (Å²) in [6.45, 7) is 7.02. The van der Waals surface area contributed by atoms with E-state index in [9.17, 15) is 4.79 Å². The van der Waals surface area contributed by atoms with Crippen molar-refractivity contribution >= 4 is 30.7 Å². The first-order valence-corrected chi connectivity index (χ1v) is 7.26. The lowest BCUT2D eigenvalue weighted by molar-refractivity contribution is -0.122. The number of aromatic amines is 1. The molecule has 1 amide bonds. The molecule has 0 aliphatic carbocycles. The van der Waals surface area contributed by atoms with Crippen LogP contribution >= 0.6 is 24.8 Å². The Morgan fingerprint density at radius 1 is 1.32 bits per heavy atom. The number of halogens is 2. The topological polar surface area (TPSA) is 73.0 Å². The summed E-state index contributed by atoms with van der Waals surface area (Å²) in [5.74, 6) is 0.0750. The Hall–Kier alpha value is -0.820. The molecule has 1 aliphatic heterocycles. The first-order valence-electron chi connectivity index (χ1n) is 7.26. The van der Waals surface area contributed by atoms with Gasteiger partial charge < -0.3 is 10.6 Å². The number of hydrogen-bond donors (Lipinski definition) is 3.